The molecule has 0 aromatic carbocycles. The number of aromatic nitrogens is 2. The number of hydrogen-bond donors (Lipinski definition) is 2. The predicted molar refractivity (Wildman–Crippen MR) is 92.0 cm³/mol. The van der Waals surface area contributed by atoms with Gasteiger partial charge in [-0.2, -0.15) is 5.10 Å². The van der Waals surface area contributed by atoms with E-state index in [9.17, 15) is 19.5 Å². The Kier molecular flexibility index (Phi) is 4.51. The summed E-state index contributed by atoms with van der Waals surface area (Å²) < 4.78 is 1.70. The fourth-order valence-corrected chi connectivity index (χ4v) is 3.92. The van der Waals surface area contributed by atoms with Crippen molar-refractivity contribution < 1.29 is 19.5 Å². The second-order valence-corrected chi connectivity index (χ2v) is 7.42. The summed E-state index contributed by atoms with van der Waals surface area (Å²) in [6.07, 6.45) is 3.37. The Morgan fingerprint density at radius 1 is 1.35 bits per heavy atom. The standard InChI is InChI=1S/C17H25N5O4/c1-10(2)22-8-12(7-19-22)15(25)21-6-4-5-17(21)9-20(16(17)26)13(11(3)23)14(18)24/h7-8,10-11,13,23H,4-6,9H2,1-3H3,(H2,18,24)/t11-,13+,17?/m1/s1. The summed E-state index contributed by atoms with van der Waals surface area (Å²) in [5, 5.41) is 14.0. The molecule has 3 heterocycles. The number of carbonyl (C=O) groups excluding carboxylic acids is 3. The van der Waals surface area contributed by atoms with Gasteiger partial charge in [-0.1, -0.05) is 0 Å². The van der Waals surface area contributed by atoms with Gasteiger partial charge in [0.15, 0.2) is 0 Å². The van der Waals surface area contributed by atoms with Crippen LogP contribution in [0.5, 0.6) is 0 Å². The van der Waals surface area contributed by atoms with Gasteiger partial charge in [0.25, 0.3) is 11.8 Å². The molecular formula is C17H25N5O4. The van der Waals surface area contributed by atoms with Gasteiger partial charge in [-0.15, -0.1) is 0 Å². The molecule has 3 N–H and O–H groups in total. The molecule has 0 saturated carbocycles. The van der Waals surface area contributed by atoms with Crippen LogP contribution in [0.2, 0.25) is 0 Å². The summed E-state index contributed by atoms with van der Waals surface area (Å²) in [6.45, 7) is 6.03. The SMILES string of the molecule is CC(C)n1cc(C(=O)N2CCCC23CN([C@H](C(N)=O)[C@@H](C)O)C3=O)cn1. The number of likely N-dealkylation sites (tertiary alicyclic amines) is 2. The van der Waals surface area contributed by atoms with Crippen molar-refractivity contribution in [2.45, 2.75) is 57.3 Å². The van der Waals surface area contributed by atoms with E-state index in [4.69, 9.17) is 5.73 Å². The largest absolute Gasteiger partial charge is 0.391 e. The highest BCUT2D eigenvalue weighted by Crippen LogP contribution is 2.41. The zero-order valence-electron chi connectivity index (χ0n) is 15.3. The molecule has 2 aliphatic rings. The zero-order valence-corrected chi connectivity index (χ0v) is 15.3. The van der Waals surface area contributed by atoms with Gasteiger partial charge in [-0.25, -0.2) is 0 Å². The van der Waals surface area contributed by atoms with Crippen LogP contribution in [0.4, 0.5) is 0 Å². The van der Waals surface area contributed by atoms with Gasteiger partial charge in [0.2, 0.25) is 5.91 Å². The number of nitrogens with two attached hydrogens (primary N) is 1. The van der Waals surface area contributed by atoms with Gasteiger partial charge in [-0.3, -0.25) is 19.1 Å². The third-order valence-corrected chi connectivity index (χ3v) is 5.29. The molecule has 26 heavy (non-hydrogen) atoms. The average Bonchev–Trinajstić information content (AvgIpc) is 3.21. The predicted octanol–water partition coefficient (Wildman–Crippen LogP) is -0.484. The van der Waals surface area contributed by atoms with Crippen LogP contribution >= 0.6 is 0 Å². The first-order valence-electron chi connectivity index (χ1n) is 8.83. The second kappa shape index (κ2) is 6.39. The van der Waals surface area contributed by atoms with Crippen LogP contribution in [-0.4, -0.2) is 73.2 Å². The number of aliphatic hydroxyl groups is 1. The normalized spacial score (nSPS) is 24.9. The first-order chi connectivity index (χ1) is 12.2. The van der Waals surface area contributed by atoms with Crippen molar-refractivity contribution in [2.75, 3.05) is 13.1 Å². The first kappa shape index (κ1) is 18.4. The molecule has 3 atom stereocenters. The third kappa shape index (κ3) is 2.66. The van der Waals surface area contributed by atoms with Crippen LogP contribution < -0.4 is 5.73 Å². The summed E-state index contributed by atoms with van der Waals surface area (Å²) in [4.78, 5) is 40.3. The molecule has 0 bridgehead atoms. The number of nitrogens with zero attached hydrogens (tertiary/aromatic N) is 4. The molecule has 142 valence electrons. The molecule has 2 saturated heterocycles. The summed E-state index contributed by atoms with van der Waals surface area (Å²) in [5.74, 6) is -1.32. The fraction of sp³-hybridized carbons (Fsp3) is 0.647. The molecule has 1 aromatic heterocycles. The van der Waals surface area contributed by atoms with Gasteiger partial charge >= 0.3 is 0 Å². The molecule has 1 unspecified atom stereocenters. The Morgan fingerprint density at radius 3 is 2.54 bits per heavy atom. The highest BCUT2D eigenvalue weighted by molar-refractivity contribution is 6.03. The minimum atomic E-state index is -1.07. The molecule has 2 aliphatic heterocycles. The summed E-state index contributed by atoms with van der Waals surface area (Å²) >= 11 is 0. The van der Waals surface area contributed by atoms with E-state index in [-0.39, 0.29) is 24.4 Å². The summed E-state index contributed by atoms with van der Waals surface area (Å²) in [6, 6.07) is -0.943. The number of aliphatic hydroxyl groups excluding tert-OH is 1. The van der Waals surface area contributed by atoms with Crippen molar-refractivity contribution in [1.29, 1.82) is 0 Å². The van der Waals surface area contributed by atoms with Gasteiger partial charge < -0.3 is 20.6 Å². The Labute approximate surface area is 151 Å². The van der Waals surface area contributed by atoms with Crippen LogP contribution in [0.15, 0.2) is 12.4 Å². The zero-order chi connectivity index (χ0) is 19.2. The minimum Gasteiger partial charge on any atom is -0.391 e. The van der Waals surface area contributed by atoms with Crippen molar-refractivity contribution >= 4 is 17.7 Å². The van der Waals surface area contributed by atoms with E-state index < -0.39 is 23.6 Å². The van der Waals surface area contributed by atoms with Crippen LogP contribution in [0.1, 0.15) is 50.0 Å². The van der Waals surface area contributed by atoms with E-state index in [0.29, 0.717) is 24.9 Å². The van der Waals surface area contributed by atoms with Crippen molar-refractivity contribution in [3.63, 3.8) is 0 Å². The lowest BCUT2D eigenvalue weighted by Gasteiger charge is -2.53. The number of hydrogen-bond acceptors (Lipinski definition) is 5. The highest BCUT2D eigenvalue weighted by atomic mass is 16.3. The van der Waals surface area contributed by atoms with Gasteiger partial charge in [-0.05, 0) is 33.6 Å². The number of β-lactam (4-membered cyclic amide) rings is 1. The van der Waals surface area contributed by atoms with Crippen LogP contribution in [0.25, 0.3) is 0 Å². The number of carbonyl (C=O) groups is 3. The van der Waals surface area contributed by atoms with E-state index in [2.05, 4.69) is 5.10 Å². The Bertz CT molecular complexity index is 743. The van der Waals surface area contributed by atoms with E-state index in [1.807, 2.05) is 13.8 Å². The van der Waals surface area contributed by atoms with Crippen molar-refractivity contribution in [1.82, 2.24) is 19.6 Å². The molecule has 1 aromatic rings. The average molecular weight is 363 g/mol. The van der Waals surface area contributed by atoms with E-state index in [1.54, 1.807) is 15.8 Å². The molecule has 3 amide bonds. The molecule has 0 aliphatic carbocycles. The van der Waals surface area contributed by atoms with Crippen molar-refractivity contribution in [3.05, 3.63) is 18.0 Å². The smallest absolute Gasteiger partial charge is 0.258 e. The minimum absolute atomic E-state index is 0.132. The Morgan fingerprint density at radius 2 is 2.04 bits per heavy atom. The van der Waals surface area contributed by atoms with E-state index >= 15 is 0 Å². The maximum absolute atomic E-state index is 12.9. The van der Waals surface area contributed by atoms with Gasteiger partial charge in [0.05, 0.1) is 24.4 Å². The fourth-order valence-electron chi connectivity index (χ4n) is 3.92. The maximum Gasteiger partial charge on any atom is 0.258 e. The van der Waals surface area contributed by atoms with Crippen LogP contribution in [0, 0.1) is 0 Å². The Hall–Kier alpha value is -2.42. The molecule has 9 nitrogen and oxygen atoms in total. The monoisotopic (exact) mass is 363 g/mol. The molecular weight excluding hydrogens is 338 g/mol. The lowest BCUT2D eigenvalue weighted by Crippen LogP contribution is -2.77. The van der Waals surface area contributed by atoms with Gasteiger partial charge in [0, 0.05) is 18.8 Å². The van der Waals surface area contributed by atoms with Crippen LogP contribution in [-0.2, 0) is 9.59 Å². The Balaban J connectivity index is 1.81. The van der Waals surface area contributed by atoms with Gasteiger partial charge in [0.1, 0.15) is 11.6 Å². The molecule has 9 heteroatoms. The topological polar surface area (TPSA) is 122 Å². The van der Waals surface area contributed by atoms with Crippen molar-refractivity contribution in [3.8, 4) is 0 Å². The molecule has 0 radical (unpaired) electrons. The summed E-state index contributed by atoms with van der Waals surface area (Å²) in [5.41, 5.74) is 4.82. The molecule has 3 rings (SSSR count). The lowest BCUT2D eigenvalue weighted by atomic mass is 9.83. The number of primary amides is 1. The van der Waals surface area contributed by atoms with Crippen molar-refractivity contribution in [2.24, 2.45) is 5.73 Å². The third-order valence-electron chi connectivity index (χ3n) is 5.29. The molecule has 2 fully saturated rings. The molecule has 1 spiro atoms. The van der Waals surface area contributed by atoms with E-state index in [1.165, 1.54) is 18.0 Å². The number of rotatable bonds is 5. The summed E-state index contributed by atoms with van der Waals surface area (Å²) in [7, 11) is 0. The second-order valence-electron chi connectivity index (χ2n) is 7.42. The quantitative estimate of drug-likeness (QED) is 0.684. The highest BCUT2D eigenvalue weighted by Gasteiger charge is 2.62. The van der Waals surface area contributed by atoms with Crippen LogP contribution in [0.3, 0.4) is 0 Å². The maximum atomic E-state index is 12.9. The first-order valence-corrected chi connectivity index (χ1v) is 8.83. The van der Waals surface area contributed by atoms with E-state index in [0.717, 1.165) is 0 Å². The lowest BCUT2D eigenvalue weighted by molar-refractivity contribution is -0.169. The number of amides is 3.